The second kappa shape index (κ2) is 4.59. The van der Waals surface area contributed by atoms with Gasteiger partial charge in [0.15, 0.2) is 0 Å². The highest BCUT2D eigenvalue weighted by Gasteiger charge is 2.35. The molecule has 0 aromatic carbocycles. The molecule has 1 atom stereocenters. The smallest absolute Gasteiger partial charge is 0.350 e. The molecule has 14 heavy (non-hydrogen) atoms. The minimum Gasteiger partial charge on any atom is -0.478 e. The number of hydrogen-bond acceptors (Lipinski definition) is 3. The summed E-state index contributed by atoms with van der Waals surface area (Å²) in [5.74, 6) is -2.27. The number of aliphatic carboxylic acids is 1. The van der Waals surface area contributed by atoms with E-state index in [4.69, 9.17) is 5.11 Å². The van der Waals surface area contributed by atoms with Gasteiger partial charge in [0.2, 0.25) is 17.5 Å². The van der Waals surface area contributed by atoms with Crippen molar-refractivity contribution < 1.29 is 19.5 Å². The SMILES string of the molecule is CCC(=O)NC(C)(NC(C)=O)C(=O)O. The van der Waals surface area contributed by atoms with Crippen molar-refractivity contribution in [3.63, 3.8) is 0 Å². The van der Waals surface area contributed by atoms with E-state index in [0.29, 0.717) is 0 Å². The Balaban J connectivity index is 4.63. The minimum atomic E-state index is -1.74. The monoisotopic (exact) mass is 202 g/mol. The van der Waals surface area contributed by atoms with Gasteiger partial charge in [0.1, 0.15) is 0 Å². The fourth-order valence-electron chi connectivity index (χ4n) is 0.857. The summed E-state index contributed by atoms with van der Waals surface area (Å²) < 4.78 is 0. The van der Waals surface area contributed by atoms with E-state index >= 15 is 0 Å². The predicted octanol–water partition coefficient (Wildman–Crippen LogP) is -0.550. The van der Waals surface area contributed by atoms with Crippen molar-refractivity contribution in [1.82, 2.24) is 10.6 Å². The van der Waals surface area contributed by atoms with Crippen LogP contribution in [0.15, 0.2) is 0 Å². The molecular weight excluding hydrogens is 188 g/mol. The normalized spacial score (nSPS) is 13.9. The largest absolute Gasteiger partial charge is 0.478 e. The van der Waals surface area contributed by atoms with Crippen LogP contribution in [0, 0.1) is 0 Å². The van der Waals surface area contributed by atoms with E-state index in [1.54, 1.807) is 6.92 Å². The van der Waals surface area contributed by atoms with Gasteiger partial charge in [-0.2, -0.15) is 0 Å². The third-order valence-corrected chi connectivity index (χ3v) is 1.56. The van der Waals surface area contributed by atoms with Crippen molar-refractivity contribution in [3.8, 4) is 0 Å². The summed E-state index contributed by atoms with van der Waals surface area (Å²) in [5.41, 5.74) is -1.74. The van der Waals surface area contributed by atoms with Gasteiger partial charge in [-0.3, -0.25) is 9.59 Å². The Labute approximate surface area is 81.7 Å². The lowest BCUT2D eigenvalue weighted by molar-refractivity contribution is -0.150. The first-order valence-corrected chi connectivity index (χ1v) is 4.15. The Bertz CT molecular complexity index is 264. The first-order chi connectivity index (χ1) is 6.31. The first kappa shape index (κ1) is 12.4. The fourth-order valence-corrected chi connectivity index (χ4v) is 0.857. The Morgan fingerprint density at radius 1 is 1.29 bits per heavy atom. The quantitative estimate of drug-likeness (QED) is 0.533. The summed E-state index contributed by atoms with van der Waals surface area (Å²) in [6, 6.07) is 0. The molecule has 0 aliphatic carbocycles. The van der Waals surface area contributed by atoms with E-state index in [2.05, 4.69) is 10.6 Å². The Morgan fingerprint density at radius 2 is 1.79 bits per heavy atom. The van der Waals surface area contributed by atoms with Gasteiger partial charge in [-0.05, 0) is 6.92 Å². The molecule has 0 rings (SSSR count). The summed E-state index contributed by atoms with van der Waals surface area (Å²) in [4.78, 5) is 32.5. The van der Waals surface area contributed by atoms with Crippen molar-refractivity contribution in [2.75, 3.05) is 0 Å². The molecule has 0 radical (unpaired) electrons. The maximum absolute atomic E-state index is 11.0. The predicted molar refractivity (Wildman–Crippen MR) is 48.3 cm³/mol. The van der Waals surface area contributed by atoms with Crippen LogP contribution >= 0.6 is 0 Å². The first-order valence-electron chi connectivity index (χ1n) is 4.15. The summed E-state index contributed by atoms with van der Waals surface area (Å²) in [6.45, 7) is 3.98. The third-order valence-electron chi connectivity index (χ3n) is 1.56. The Morgan fingerprint density at radius 3 is 2.07 bits per heavy atom. The zero-order chi connectivity index (χ0) is 11.4. The fraction of sp³-hybridized carbons (Fsp3) is 0.625. The van der Waals surface area contributed by atoms with Crippen molar-refractivity contribution in [1.29, 1.82) is 0 Å². The molecule has 0 aromatic heterocycles. The van der Waals surface area contributed by atoms with Crippen LogP contribution in [-0.4, -0.2) is 28.6 Å². The molecule has 0 fully saturated rings. The molecule has 0 saturated heterocycles. The molecule has 0 aliphatic heterocycles. The van der Waals surface area contributed by atoms with Crippen LogP contribution in [0.4, 0.5) is 0 Å². The molecule has 0 aromatic rings. The standard InChI is InChI=1S/C8H14N2O4/c1-4-6(12)10-8(3,7(13)14)9-5(2)11/h4H2,1-3H3,(H,9,11)(H,10,12)(H,13,14). The summed E-state index contributed by atoms with van der Waals surface area (Å²) in [7, 11) is 0. The van der Waals surface area contributed by atoms with E-state index in [0.717, 1.165) is 0 Å². The van der Waals surface area contributed by atoms with E-state index in [1.165, 1.54) is 13.8 Å². The van der Waals surface area contributed by atoms with Crippen LogP contribution in [0.25, 0.3) is 0 Å². The molecule has 3 N–H and O–H groups in total. The zero-order valence-electron chi connectivity index (χ0n) is 8.38. The number of hydrogen-bond donors (Lipinski definition) is 3. The molecule has 0 heterocycles. The van der Waals surface area contributed by atoms with Gasteiger partial charge in [0, 0.05) is 13.3 Å². The van der Waals surface area contributed by atoms with E-state index in [1.807, 2.05) is 0 Å². The number of amides is 2. The number of carboxylic acids is 1. The van der Waals surface area contributed by atoms with Crippen molar-refractivity contribution in [2.45, 2.75) is 32.9 Å². The zero-order valence-corrected chi connectivity index (χ0v) is 8.38. The van der Waals surface area contributed by atoms with Crippen LogP contribution < -0.4 is 10.6 Å². The van der Waals surface area contributed by atoms with Gasteiger partial charge in [-0.15, -0.1) is 0 Å². The average molecular weight is 202 g/mol. The van der Waals surface area contributed by atoms with Crippen LogP contribution in [0.2, 0.25) is 0 Å². The highest BCUT2D eigenvalue weighted by molar-refractivity contribution is 5.90. The van der Waals surface area contributed by atoms with Crippen LogP contribution in [0.1, 0.15) is 27.2 Å². The van der Waals surface area contributed by atoms with E-state index in [-0.39, 0.29) is 6.42 Å². The maximum Gasteiger partial charge on any atom is 0.350 e. The second-order valence-corrected chi connectivity index (χ2v) is 3.01. The molecule has 0 aliphatic rings. The van der Waals surface area contributed by atoms with Gasteiger partial charge >= 0.3 is 5.97 Å². The molecule has 80 valence electrons. The van der Waals surface area contributed by atoms with Crippen LogP contribution in [0.3, 0.4) is 0 Å². The highest BCUT2D eigenvalue weighted by Crippen LogP contribution is 1.99. The molecule has 0 saturated carbocycles. The molecular formula is C8H14N2O4. The lowest BCUT2D eigenvalue weighted by atomic mass is 10.2. The minimum absolute atomic E-state index is 0.155. The molecule has 0 bridgehead atoms. The van der Waals surface area contributed by atoms with Gasteiger partial charge in [-0.25, -0.2) is 4.79 Å². The highest BCUT2D eigenvalue weighted by atomic mass is 16.4. The number of nitrogens with one attached hydrogen (secondary N) is 2. The molecule has 6 heteroatoms. The van der Waals surface area contributed by atoms with Gasteiger partial charge < -0.3 is 15.7 Å². The lowest BCUT2D eigenvalue weighted by Gasteiger charge is -2.26. The van der Waals surface area contributed by atoms with Gasteiger partial charge in [0.05, 0.1) is 0 Å². The number of rotatable bonds is 4. The molecule has 6 nitrogen and oxygen atoms in total. The van der Waals surface area contributed by atoms with Crippen LogP contribution in [-0.2, 0) is 14.4 Å². The lowest BCUT2D eigenvalue weighted by Crippen LogP contribution is -2.63. The number of carboxylic acid groups (broad SMARTS) is 1. The topological polar surface area (TPSA) is 95.5 Å². The van der Waals surface area contributed by atoms with Crippen molar-refractivity contribution >= 4 is 17.8 Å². The number of carbonyl (C=O) groups is 3. The molecule has 1 unspecified atom stereocenters. The maximum atomic E-state index is 11.0. The molecule has 2 amide bonds. The van der Waals surface area contributed by atoms with Gasteiger partial charge in [-0.1, -0.05) is 6.92 Å². The summed E-state index contributed by atoms with van der Waals surface area (Å²) >= 11 is 0. The Kier molecular flexibility index (Phi) is 4.07. The summed E-state index contributed by atoms with van der Waals surface area (Å²) in [5, 5.41) is 13.2. The van der Waals surface area contributed by atoms with E-state index in [9.17, 15) is 14.4 Å². The Hall–Kier alpha value is -1.59. The average Bonchev–Trinajstić information content (AvgIpc) is 2.02. The second-order valence-electron chi connectivity index (χ2n) is 3.01. The summed E-state index contributed by atoms with van der Waals surface area (Å²) in [6.07, 6.45) is 0.155. The van der Waals surface area contributed by atoms with Gasteiger partial charge in [0.25, 0.3) is 0 Å². The third kappa shape index (κ3) is 3.42. The van der Waals surface area contributed by atoms with Crippen LogP contribution in [0.5, 0.6) is 0 Å². The van der Waals surface area contributed by atoms with Crippen molar-refractivity contribution in [2.24, 2.45) is 0 Å². The van der Waals surface area contributed by atoms with Crippen molar-refractivity contribution in [3.05, 3.63) is 0 Å². The van der Waals surface area contributed by atoms with E-state index < -0.39 is 23.4 Å². The number of carbonyl (C=O) groups excluding carboxylic acids is 2. The molecule has 0 spiro atoms.